The van der Waals surface area contributed by atoms with Crippen LogP contribution in [-0.4, -0.2) is 51.8 Å². The van der Waals surface area contributed by atoms with Gasteiger partial charge in [-0.05, 0) is 36.4 Å². The highest BCUT2D eigenvalue weighted by molar-refractivity contribution is 5.96. The third-order valence-corrected chi connectivity index (χ3v) is 5.27. The van der Waals surface area contributed by atoms with E-state index in [1.807, 2.05) is 48.5 Å². The molecule has 0 atom stereocenters. The molecule has 4 rings (SSSR count). The van der Waals surface area contributed by atoms with E-state index in [4.69, 9.17) is 0 Å². The van der Waals surface area contributed by atoms with E-state index in [0.717, 1.165) is 31.0 Å². The quantitative estimate of drug-likeness (QED) is 0.486. The van der Waals surface area contributed by atoms with Crippen molar-refractivity contribution in [1.29, 1.82) is 0 Å². The smallest absolute Gasteiger partial charge is 0.293 e. The summed E-state index contributed by atoms with van der Waals surface area (Å²) < 4.78 is 0. The van der Waals surface area contributed by atoms with Crippen LogP contribution in [0.25, 0.3) is 0 Å². The zero-order valence-corrected chi connectivity index (χ0v) is 17.0. The number of nitrogens with zero attached hydrogens (tertiary/aromatic N) is 4. The molecule has 0 radical (unpaired) electrons. The number of pyridine rings is 1. The molecule has 158 valence electrons. The molecule has 0 saturated carbocycles. The largest absolute Gasteiger partial charge is 0.350 e. The zero-order chi connectivity index (χ0) is 21.6. The highest BCUT2D eigenvalue weighted by Gasteiger charge is 2.25. The summed E-state index contributed by atoms with van der Waals surface area (Å²) in [6.45, 7) is 3.36. The monoisotopic (exact) mass is 417 g/mol. The van der Waals surface area contributed by atoms with Crippen molar-refractivity contribution in [3.8, 4) is 0 Å². The molecule has 2 heterocycles. The van der Waals surface area contributed by atoms with Gasteiger partial charge in [0.05, 0.1) is 10.6 Å². The third kappa shape index (κ3) is 5.04. The summed E-state index contributed by atoms with van der Waals surface area (Å²) in [6, 6.07) is 19.6. The molecule has 31 heavy (non-hydrogen) atoms. The summed E-state index contributed by atoms with van der Waals surface area (Å²) in [7, 11) is 0. The Morgan fingerprint density at radius 3 is 2.42 bits per heavy atom. The number of para-hydroxylation sites is 1. The lowest BCUT2D eigenvalue weighted by Gasteiger charge is -2.34. The Labute approximate surface area is 180 Å². The van der Waals surface area contributed by atoms with Gasteiger partial charge in [-0.25, -0.2) is 0 Å². The lowest BCUT2D eigenvalue weighted by Crippen LogP contribution is -2.48. The van der Waals surface area contributed by atoms with Crippen molar-refractivity contribution in [3.63, 3.8) is 0 Å². The Bertz CT molecular complexity index is 1050. The van der Waals surface area contributed by atoms with E-state index >= 15 is 0 Å². The fourth-order valence-corrected chi connectivity index (χ4v) is 3.61. The molecule has 3 aromatic rings. The number of anilines is 2. The van der Waals surface area contributed by atoms with Crippen LogP contribution in [0.4, 0.5) is 17.1 Å². The third-order valence-electron chi connectivity index (χ3n) is 5.27. The number of rotatable bonds is 6. The van der Waals surface area contributed by atoms with Crippen molar-refractivity contribution in [2.75, 3.05) is 31.5 Å². The number of benzene rings is 2. The maximum atomic E-state index is 13.0. The molecule has 8 nitrogen and oxygen atoms in total. The Kier molecular flexibility index (Phi) is 6.18. The number of carbonyl (C=O) groups is 1. The van der Waals surface area contributed by atoms with Crippen LogP contribution in [0.15, 0.2) is 72.9 Å². The normalized spacial score (nSPS) is 14.3. The molecule has 1 amide bonds. The number of hydrogen-bond donors (Lipinski definition) is 1. The maximum Gasteiger partial charge on any atom is 0.293 e. The summed E-state index contributed by atoms with van der Waals surface area (Å²) in [5.74, 6) is -0.188. The van der Waals surface area contributed by atoms with Crippen LogP contribution >= 0.6 is 0 Å². The Hall–Kier alpha value is -3.78. The van der Waals surface area contributed by atoms with Gasteiger partial charge in [0.25, 0.3) is 11.6 Å². The van der Waals surface area contributed by atoms with Gasteiger partial charge in [0.15, 0.2) is 0 Å². The summed E-state index contributed by atoms with van der Waals surface area (Å²) in [4.78, 5) is 32.5. The Balaban J connectivity index is 1.42. The van der Waals surface area contributed by atoms with E-state index in [2.05, 4.69) is 15.2 Å². The summed E-state index contributed by atoms with van der Waals surface area (Å²) in [6.07, 6.45) is 1.78. The van der Waals surface area contributed by atoms with Gasteiger partial charge in [0, 0.05) is 56.2 Å². The average Bonchev–Trinajstić information content (AvgIpc) is 2.80. The first-order valence-electron chi connectivity index (χ1n) is 10.1. The van der Waals surface area contributed by atoms with Gasteiger partial charge in [-0.15, -0.1) is 0 Å². The summed E-state index contributed by atoms with van der Waals surface area (Å²) in [5, 5.41) is 14.7. The molecule has 2 aromatic carbocycles. The standard InChI is InChI=1S/C23H23N5O3/c29-23(27-14-12-26(13-15-27)17-20-8-4-5-11-24-20)18-9-10-21(22(16-18)28(30)31)25-19-6-2-1-3-7-19/h1-11,16,25H,12-15,17H2. The number of hydrogen-bond acceptors (Lipinski definition) is 6. The fourth-order valence-electron chi connectivity index (χ4n) is 3.61. The summed E-state index contributed by atoms with van der Waals surface area (Å²) in [5.41, 5.74) is 2.30. The fraction of sp³-hybridized carbons (Fsp3) is 0.217. The van der Waals surface area contributed by atoms with Gasteiger partial charge in [0.1, 0.15) is 5.69 Å². The lowest BCUT2D eigenvalue weighted by atomic mass is 10.1. The molecule has 1 aliphatic rings. The van der Waals surface area contributed by atoms with E-state index < -0.39 is 4.92 Å². The van der Waals surface area contributed by atoms with Crippen LogP contribution in [0.1, 0.15) is 16.1 Å². The molecular formula is C23H23N5O3. The topological polar surface area (TPSA) is 91.6 Å². The predicted octanol–water partition coefficient (Wildman–Crippen LogP) is 3.69. The van der Waals surface area contributed by atoms with Crippen LogP contribution in [0.2, 0.25) is 0 Å². The number of nitrogens with one attached hydrogen (secondary N) is 1. The second-order valence-corrected chi connectivity index (χ2v) is 7.37. The molecule has 0 unspecified atom stereocenters. The first-order valence-corrected chi connectivity index (χ1v) is 10.1. The van der Waals surface area contributed by atoms with Gasteiger partial charge in [-0.1, -0.05) is 24.3 Å². The molecule has 0 spiro atoms. The van der Waals surface area contributed by atoms with Crippen molar-refractivity contribution in [2.45, 2.75) is 6.54 Å². The maximum absolute atomic E-state index is 13.0. The second-order valence-electron chi connectivity index (χ2n) is 7.37. The number of aromatic nitrogens is 1. The molecule has 0 aliphatic carbocycles. The molecule has 8 heteroatoms. The molecule has 1 saturated heterocycles. The van der Waals surface area contributed by atoms with Crippen molar-refractivity contribution >= 4 is 23.0 Å². The average molecular weight is 417 g/mol. The molecule has 1 fully saturated rings. The first-order chi connectivity index (χ1) is 15.1. The van der Waals surface area contributed by atoms with E-state index in [1.165, 1.54) is 6.07 Å². The number of nitro benzene ring substituents is 1. The minimum Gasteiger partial charge on any atom is -0.350 e. The van der Waals surface area contributed by atoms with Crippen molar-refractivity contribution < 1.29 is 9.72 Å². The lowest BCUT2D eigenvalue weighted by molar-refractivity contribution is -0.383. The number of amides is 1. The van der Waals surface area contributed by atoms with Crippen LogP contribution in [0.5, 0.6) is 0 Å². The highest BCUT2D eigenvalue weighted by atomic mass is 16.6. The first kappa shape index (κ1) is 20.5. The van der Waals surface area contributed by atoms with Crippen molar-refractivity contribution in [1.82, 2.24) is 14.8 Å². The minimum atomic E-state index is -0.465. The molecule has 1 aliphatic heterocycles. The minimum absolute atomic E-state index is 0.122. The Morgan fingerprint density at radius 2 is 1.74 bits per heavy atom. The van der Waals surface area contributed by atoms with E-state index in [1.54, 1.807) is 23.2 Å². The van der Waals surface area contributed by atoms with Crippen molar-refractivity contribution in [3.05, 3.63) is 94.3 Å². The molecule has 1 N–H and O–H groups in total. The molecule has 1 aromatic heterocycles. The second kappa shape index (κ2) is 9.36. The van der Waals surface area contributed by atoms with E-state index in [9.17, 15) is 14.9 Å². The van der Waals surface area contributed by atoms with E-state index in [0.29, 0.717) is 24.3 Å². The number of piperazine rings is 1. The highest BCUT2D eigenvalue weighted by Crippen LogP contribution is 2.29. The van der Waals surface area contributed by atoms with Gasteiger partial charge < -0.3 is 10.2 Å². The van der Waals surface area contributed by atoms with E-state index in [-0.39, 0.29) is 11.6 Å². The Morgan fingerprint density at radius 1 is 1.00 bits per heavy atom. The number of nitro groups is 1. The zero-order valence-electron chi connectivity index (χ0n) is 17.0. The van der Waals surface area contributed by atoms with Crippen molar-refractivity contribution in [2.24, 2.45) is 0 Å². The van der Waals surface area contributed by atoms with Crippen LogP contribution in [0.3, 0.4) is 0 Å². The van der Waals surface area contributed by atoms with Gasteiger partial charge in [0.2, 0.25) is 0 Å². The SMILES string of the molecule is O=C(c1ccc(Nc2ccccc2)c([N+](=O)[O-])c1)N1CCN(Cc2ccccn2)CC1. The van der Waals surface area contributed by atoms with Gasteiger partial charge >= 0.3 is 0 Å². The van der Waals surface area contributed by atoms with Gasteiger partial charge in [-0.3, -0.25) is 24.8 Å². The molecule has 0 bridgehead atoms. The molecular weight excluding hydrogens is 394 g/mol. The van der Waals surface area contributed by atoms with Crippen LogP contribution in [0, 0.1) is 10.1 Å². The van der Waals surface area contributed by atoms with Gasteiger partial charge in [-0.2, -0.15) is 0 Å². The van der Waals surface area contributed by atoms with Crippen LogP contribution < -0.4 is 5.32 Å². The predicted molar refractivity (Wildman–Crippen MR) is 118 cm³/mol. The summed E-state index contributed by atoms with van der Waals surface area (Å²) >= 11 is 0. The number of carbonyl (C=O) groups excluding carboxylic acids is 1. The van der Waals surface area contributed by atoms with Crippen LogP contribution in [-0.2, 0) is 6.54 Å².